The van der Waals surface area contributed by atoms with E-state index in [1.165, 1.54) is 17.0 Å². The van der Waals surface area contributed by atoms with E-state index in [0.29, 0.717) is 45.0 Å². The third-order valence-electron chi connectivity index (χ3n) is 6.29. The minimum Gasteiger partial charge on any atom is -0.374 e. The highest BCUT2D eigenvalue weighted by Gasteiger charge is 2.34. The third-order valence-corrected chi connectivity index (χ3v) is 6.29. The fourth-order valence-corrected chi connectivity index (χ4v) is 4.24. The third kappa shape index (κ3) is 5.43. The van der Waals surface area contributed by atoms with Gasteiger partial charge in [-0.3, -0.25) is 14.4 Å². The van der Waals surface area contributed by atoms with Crippen LogP contribution in [0.4, 0.5) is 8.78 Å². The summed E-state index contributed by atoms with van der Waals surface area (Å²) in [6, 6.07) is 3.45. The van der Waals surface area contributed by atoms with E-state index in [1.807, 2.05) is 4.90 Å². The maximum absolute atomic E-state index is 14.2. The first kappa shape index (κ1) is 22.6. The highest BCUT2D eigenvalue weighted by molar-refractivity contribution is 5.97. The van der Waals surface area contributed by atoms with Crippen LogP contribution in [0.1, 0.15) is 42.5 Å². The molecule has 9 heteroatoms. The van der Waals surface area contributed by atoms with Crippen LogP contribution in [0, 0.1) is 17.6 Å². The average molecular weight is 449 g/mol. The summed E-state index contributed by atoms with van der Waals surface area (Å²) in [6.07, 6.45) is 3.89. The second kappa shape index (κ2) is 9.94. The van der Waals surface area contributed by atoms with Crippen molar-refractivity contribution in [2.45, 2.75) is 38.2 Å². The molecular formula is C23H29F2N3O4. The van der Waals surface area contributed by atoms with E-state index in [-0.39, 0.29) is 30.5 Å². The minimum atomic E-state index is -1.21. The summed E-state index contributed by atoms with van der Waals surface area (Å²) >= 11 is 0. The van der Waals surface area contributed by atoms with Crippen molar-refractivity contribution in [3.8, 4) is 0 Å². The van der Waals surface area contributed by atoms with Gasteiger partial charge < -0.3 is 19.4 Å². The van der Waals surface area contributed by atoms with Crippen LogP contribution in [0.5, 0.6) is 0 Å². The molecule has 3 amide bonds. The molecule has 2 saturated heterocycles. The fraction of sp³-hybridized carbons (Fsp3) is 0.609. The summed E-state index contributed by atoms with van der Waals surface area (Å²) < 4.78 is 33.9. The van der Waals surface area contributed by atoms with Gasteiger partial charge in [-0.15, -0.1) is 0 Å². The number of nitrogens with zero attached hydrogens (tertiary/aromatic N) is 3. The number of amides is 3. The number of likely N-dealkylation sites (tertiary alicyclic amines) is 1. The van der Waals surface area contributed by atoms with Gasteiger partial charge in [0.25, 0.3) is 5.91 Å². The van der Waals surface area contributed by atoms with Gasteiger partial charge in [-0.25, -0.2) is 8.78 Å². The standard InChI is InChI=1S/C23H29F2N3O4/c24-19-5-1-4-18(22(19)25)23(31)28-13-17(32-15-16-7-8-16)12-27(21(30)14-28)11-3-10-26-9-2-6-20(26)29/h1,4-5,16-17H,2-3,6-15H2/t17-/m1/s1. The van der Waals surface area contributed by atoms with Gasteiger partial charge in [0, 0.05) is 45.8 Å². The van der Waals surface area contributed by atoms with Crippen LogP contribution in [0.25, 0.3) is 0 Å². The molecule has 32 heavy (non-hydrogen) atoms. The van der Waals surface area contributed by atoms with Gasteiger partial charge in [-0.1, -0.05) is 6.07 Å². The van der Waals surface area contributed by atoms with Crippen molar-refractivity contribution in [2.75, 3.05) is 45.9 Å². The van der Waals surface area contributed by atoms with E-state index >= 15 is 0 Å². The molecule has 2 heterocycles. The molecule has 7 nitrogen and oxygen atoms in total. The maximum Gasteiger partial charge on any atom is 0.257 e. The molecule has 3 fully saturated rings. The lowest BCUT2D eigenvalue weighted by Crippen LogP contribution is -2.40. The highest BCUT2D eigenvalue weighted by Crippen LogP contribution is 2.29. The van der Waals surface area contributed by atoms with Gasteiger partial charge in [0.15, 0.2) is 11.6 Å². The molecule has 1 aliphatic carbocycles. The molecule has 1 aromatic rings. The Morgan fingerprint density at radius 2 is 1.84 bits per heavy atom. The quantitative estimate of drug-likeness (QED) is 0.609. The Morgan fingerprint density at radius 3 is 2.56 bits per heavy atom. The van der Waals surface area contributed by atoms with Crippen molar-refractivity contribution in [2.24, 2.45) is 5.92 Å². The molecule has 3 aliphatic rings. The molecule has 0 N–H and O–H groups in total. The topological polar surface area (TPSA) is 70.2 Å². The van der Waals surface area contributed by atoms with E-state index in [9.17, 15) is 23.2 Å². The smallest absolute Gasteiger partial charge is 0.257 e. The predicted molar refractivity (Wildman–Crippen MR) is 112 cm³/mol. The van der Waals surface area contributed by atoms with Crippen LogP contribution >= 0.6 is 0 Å². The van der Waals surface area contributed by atoms with Gasteiger partial charge in [-0.2, -0.15) is 0 Å². The van der Waals surface area contributed by atoms with Crippen LogP contribution in [0.15, 0.2) is 18.2 Å². The number of hydrogen-bond acceptors (Lipinski definition) is 4. The Balaban J connectivity index is 1.43. The summed E-state index contributed by atoms with van der Waals surface area (Å²) in [5, 5.41) is 0. The Labute approximate surface area is 186 Å². The van der Waals surface area contributed by atoms with Crippen LogP contribution < -0.4 is 0 Å². The molecule has 1 aromatic carbocycles. The van der Waals surface area contributed by atoms with Crippen LogP contribution in [-0.2, 0) is 14.3 Å². The fourth-order valence-electron chi connectivity index (χ4n) is 4.24. The lowest BCUT2D eigenvalue weighted by atomic mass is 10.1. The van der Waals surface area contributed by atoms with Gasteiger partial charge >= 0.3 is 0 Å². The molecule has 0 unspecified atom stereocenters. The van der Waals surface area contributed by atoms with Crippen LogP contribution in [-0.4, -0.2) is 84.4 Å². The first-order chi connectivity index (χ1) is 15.4. The molecular weight excluding hydrogens is 420 g/mol. The van der Waals surface area contributed by atoms with Crippen molar-refractivity contribution in [3.63, 3.8) is 0 Å². The summed E-state index contributed by atoms with van der Waals surface area (Å²) in [7, 11) is 0. The highest BCUT2D eigenvalue weighted by atomic mass is 19.2. The SMILES string of the molecule is O=C1CCCN1CCCN1C[C@@H](OCC2CC2)CN(C(=O)c2cccc(F)c2F)CC1=O. The Morgan fingerprint density at radius 1 is 1.06 bits per heavy atom. The zero-order valence-corrected chi connectivity index (χ0v) is 18.1. The maximum atomic E-state index is 14.2. The van der Waals surface area contributed by atoms with Crippen molar-refractivity contribution >= 4 is 17.7 Å². The lowest BCUT2D eigenvalue weighted by molar-refractivity contribution is -0.131. The number of carbonyl (C=O) groups excluding carboxylic acids is 3. The molecule has 0 aromatic heterocycles. The van der Waals surface area contributed by atoms with Gasteiger partial charge in [0.05, 0.1) is 11.7 Å². The summed E-state index contributed by atoms with van der Waals surface area (Å²) in [4.78, 5) is 42.4. The number of benzene rings is 1. The van der Waals surface area contributed by atoms with Gasteiger partial charge in [0.2, 0.25) is 11.8 Å². The number of rotatable bonds is 8. The van der Waals surface area contributed by atoms with E-state index < -0.39 is 23.6 Å². The summed E-state index contributed by atoms with van der Waals surface area (Å²) in [5.41, 5.74) is -0.389. The zero-order valence-electron chi connectivity index (χ0n) is 18.1. The summed E-state index contributed by atoms with van der Waals surface area (Å²) in [5.74, 6) is -2.64. The van der Waals surface area contributed by atoms with Crippen molar-refractivity contribution < 1.29 is 27.9 Å². The Hall–Kier alpha value is -2.55. The Kier molecular flexibility index (Phi) is 7.03. The van der Waals surface area contributed by atoms with Crippen molar-refractivity contribution in [3.05, 3.63) is 35.4 Å². The zero-order chi connectivity index (χ0) is 22.7. The first-order valence-electron chi connectivity index (χ1n) is 11.3. The number of ether oxygens (including phenoxy) is 1. The monoisotopic (exact) mass is 449 g/mol. The Bertz CT molecular complexity index is 877. The predicted octanol–water partition coefficient (Wildman–Crippen LogP) is 2.06. The molecule has 0 bridgehead atoms. The van der Waals surface area contributed by atoms with Gasteiger partial charge in [-0.05, 0) is 43.7 Å². The largest absolute Gasteiger partial charge is 0.374 e. The van der Waals surface area contributed by atoms with Crippen LogP contribution in [0.3, 0.4) is 0 Å². The molecule has 4 rings (SSSR count). The van der Waals surface area contributed by atoms with Crippen molar-refractivity contribution in [1.29, 1.82) is 0 Å². The van der Waals surface area contributed by atoms with E-state index in [2.05, 4.69) is 0 Å². The van der Waals surface area contributed by atoms with E-state index in [4.69, 9.17) is 4.74 Å². The second-order valence-electron chi connectivity index (χ2n) is 8.86. The molecule has 0 radical (unpaired) electrons. The number of halogens is 2. The molecule has 174 valence electrons. The molecule has 0 spiro atoms. The number of hydrogen-bond donors (Lipinski definition) is 0. The molecule has 2 aliphatic heterocycles. The molecule has 1 saturated carbocycles. The lowest BCUT2D eigenvalue weighted by Gasteiger charge is -2.25. The summed E-state index contributed by atoms with van der Waals surface area (Å²) in [6.45, 7) is 2.59. The van der Waals surface area contributed by atoms with Crippen LogP contribution in [0.2, 0.25) is 0 Å². The number of carbonyl (C=O) groups is 3. The van der Waals surface area contributed by atoms with E-state index in [0.717, 1.165) is 31.9 Å². The van der Waals surface area contributed by atoms with E-state index in [1.54, 1.807) is 4.90 Å². The second-order valence-corrected chi connectivity index (χ2v) is 8.86. The average Bonchev–Trinajstić information content (AvgIpc) is 3.54. The first-order valence-corrected chi connectivity index (χ1v) is 11.3. The normalized spacial score (nSPS) is 21.9. The van der Waals surface area contributed by atoms with Gasteiger partial charge in [0.1, 0.15) is 6.54 Å². The van der Waals surface area contributed by atoms with Crippen molar-refractivity contribution in [1.82, 2.24) is 14.7 Å². The molecule has 1 atom stereocenters. The minimum absolute atomic E-state index is 0.133.